The van der Waals surface area contributed by atoms with Gasteiger partial charge in [-0.3, -0.25) is 10.1 Å². The number of nitrogens with zero attached hydrogens (tertiary/aromatic N) is 1. The van der Waals surface area contributed by atoms with E-state index in [9.17, 15) is 28.1 Å². The van der Waals surface area contributed by atoms with E-state index >= 15 is 0 Å². The summed E-state index contributed by atoms with van der Waals surface area (Å²) in [4.78, 5) is 22.1. The summed E-state index contributed by atoms with van der Waals surface area (Å²) in [5.74, 6) is -1.51. The molecule has 0 spiro atoms. The van der Waals surface area contributed by atoms with Gasteiger partial charge in [0.1, 0.15) is 22.8 Å². The van der Waals surface area contributed by atoms with E-state index in [-0.39, 0.29) is 22.1 Å². The van der Waals surface area contributed by atoms with Crippen LogP contribution in [0.2, 0.25) is 5.02 Å². The number of ether oxygens (including phenoxy) is 3. The molecule has 27 heavy (non-hydrogen) atoms. The number of nitro groups is 1. The van der Waals surface area contributed by atoms with Crippen LogP contribution in [0.15, 0.2) is 30.3 Å². The molecule has 0 fully saturated rings. The molecule has 0 atom stereocenters. The summed E-state index contributed by atoms with van der Waals surface area (Å²) in [5.41, 5.74) is -0.538. The van der Waals surface area contributed by atoms with Gasteiger partial charge < -0.3 is 14.2 Å². The first-order chi connectivity index (χ1) is 12.5. The number of aryl methyl sites for hydroxylation is 1. The summed E-state index contributed by atoms with van der Waals surface area (Å²) in [5, 5.41) is 10.9. The maximum absolute atomic E-state index is 12.2. The van der Waals surface area contributed by atoms with Crippen LogP contribution in [-0.2, 0) is 4.74 Å². The van der Waals surface area contributed by atoms with Gasteiger partial charge in [0.2, 0.25) is 0 Å². The zero-order chi connectivity index (χ0) is 20.4. The van der Waals surface area contributed by atoms with Crippen LogP contribution in [0.25, 0.3) is 0 Å². The van der Waals surface area contributed by atoms with Crippen LogP contribution in [0.3, 0.4) is 0 Å². The van der Waals surface area contributed by atoms with Crippen molar-refractivity contribution in [2.24, 2.45) is 0 Å². The minimum absolute atomic E-state index is 0.0346. The van der Waals surface area contributed by atoms with Crippen LogP contribution in [-0.4, -0.2) is 24.4 Å². The fourth-order valence-corrected chi connectivity index (χ4v) is 2.30. The molecule has 0 radical (unpaired) electrons. The average molecular weight is 406 g/mol. The normalized spacial score (nSPS) is 11.0. The third kappa shape index (κ3) is 5.00. The van der Waals surface area contributed by atoms with Crippen molar-refractivity contribution < 1.29 is 37.1 Å². The number of hydrogen-bond donors (Lipinski definition) is 0. The topological polar surface area (TPSA) is 87.9 Å². The fraction of sp³-hybridized carbons (Fsp3) is 0.188. The number of esters is 1. The highest BCUT2D eigenvalue weighted by molar-refractivity contribution is 6.32. The standard InChI is InChI=1S/C16H11ClF3NO6/c1-8-5-12(21(23)24)10(15(22)25-2)7-14(8)26-13-4-3-9(6-11(13)17)27-16(18,19)20/h3-7H,1-2H3. The van der Waals surface area contributed by atoms with Gasteiger partial charge in [-0.25, -0.2) is 4.79 Å². The lowest BCUT2D eigenvalue weighted by Gasteiger charge is -2.13. The molecule has 7 nitrogen and oxygen atoms in total. The lowest BCUT2D eigenvalue weighted by Crippen LogP contribution is -2.17. The predicted molar refractivity (Wildman–Crippen MR) is 87.4 cm³/mol. The molecule has 0 aromatic heterocycles. The Kier molecular flexibility index (Phi) is 5.79. The van der Waals surface area contributed by atoms with E-state index in [1.807, 2.05) is 0 Å². The molecule has 2 aromatic carbocycles. The molecule has 0 aliphatic carbocycles. The summed E-state index contributed by atoms with van der Waals surface area (Å²) < 4.78 is 50.5. The van der Waals surface area contributed by atoms with Crippen LogP contribution in [0.1, 0.15) is 15.9 Å². The summed E-state index contributed by atoms with van der Waals surface area (Å²) >= 11 is 5.90. The van der Waals surface area contributed by atoms with Crippen LogP contribution in [0.5, 0.6) is 17.2 Å². The molecule has 0 heterocycles. The number of nitro benzene ring substituents is 1. The van der Waals surface area contributed by atoms with Gasteiger partial charge in [-0.15, -0.1) is 13.2 Å². The van der Waals surface area contributed by atoms with Gasteiger partial charge in [-0.1, -0.05) is 11.6 Å². The van der Waals surface area contributed by atoms with Crippen LogP contribution in [0.4, 0.5) is 18.9 Å². The van der Waals surface area contributed by atoms with E-state index in [1.54, 1.807) is 0 Å². The molecule has 11 heteroatoms. The Balaban J connectivity index is 2.40. The molecule has 2 aromatic rings. The lowest BCUT2D eigenvalue weighted by atomic mass is 10.1. The van der Waals surface area contributed by atoms with Crippen molar-refractivity contribution in [3.05, 3.63) is 56.6 Å². The van der Waals surface area contributed by atoms with Gasteiger partial charge in [0.15, 0.2) is 0 Å². The Morgan fingerprint density at radius 3 is 2.37 bits per heavy atom. The average Bonchev–Trinajstić information content (AvgIpc) is 2.56. The quantitative estimate of drug-likeness (QED) is 0.393. The Hall–Kier alpha value is -3.01. The third-order valence-corrected chi connectivity index (χ3v) is 3.55. The Morgan fingerprint density at radius 2 is 1.85 bits per heavy atom. The van der Waals surface area contributed by atoms with Crippen molar-refractivity contribution in [3.8, 4) is 17.2 Å². The lowest BCUT2D eigenvalue weighted by molar-refractivity contribution is -0.385. The van der Waals surface area contributed by atoms with Crippen molar-refractivity contribution >= 4 is 23.3 Å². The summed E-state index contributed by atoms with van der Waals surface area (Å²) in [6, 6.07) is 5.21. The Bertz CT molecular complexity index is 900. The molecular formula is C16H11ClF3NO6. The highest BCUT2D eigenvalue weighted by atomic mass is 35.5. The molecule has 0 N–H and O–H groups in total. The number of hydrogen-bond acceptors (Lipinski definition) is 6. The summed E-state index contributed by atoms with van der Waals surface area (Å²) in [6.45, 7) is 1.48. The number of benzene rings is 2. The number of halogens is 4. The highest BCUT2D eigenvalue weighted by Gasteiger charge is 2.31. The monoisotopic (exact) mass is 405 g/mol. The second-order valence-electron chi connectivity index (χ2n) is 5.13. The maximum atomic E-state index is 12.2. The minimum Gasteiger partial charge on any atom is -0.465 e. The smallest absolute Gasteiger partial charge is 0.465 e. The number of carbonyl (C=O) groups is 1. The van der Waals surface area contributed by atoms with Gasteiger partial charge >= 0.3 is 12.3 Å². The van der Waals surface area contributed by atoms with Gasteiger partial charge in [-0.2, -0.15) is 0 Å². The van der Waals surface area contributed by atoms with E-state index in [0.717, 1.165) is 37.4 Å². The molecule has 0 bridgehead atoms. The SMILES string of the molecule is COC(=O)c1cc(Oc2ccc(OC(F)(F)F)cc2Cl)c(C)cc1[N+](=O)[O-]. The van der Waals surface area contributed by atoms with E-state index in [0.29, 0.717) is 5.56 Å². The maximum Gasteiger partial charge on any atom is 0.573 e. The number of alkyl halides is 3. The zero-order valence-electron chi connectivity index (χ0n) is 13.8. The predicted octanol–water partition coefficient (Wildman–Crippen LogP) is 5.03. The first-order valence-corrected chi connectivity index (χ1v) is 7.50. The van der Waals surface area contributed by atoms with Crippen molar-refractivity contribution in [2.45, 2.75) is 13.3 Å². The molecule has 2 rings (SSSR count). The molecule has 0 amide bonds. The van der Waals surface area contributed by atoms with Crippen molar-refractivity contribution in [2.75, 3.05) is 7.11 Å². The fourth-order valence-electron chi connectivity index (χ4n) is 2.09. The first kappa shape index (κ1) is 20.3. The summed E-state index contributed by atoms with van der Waals surface area (Å²) in [7, 11) is 1.06. The van der Waals surface area contributed by atoms with Crippen LogP contribution >= 0.6 is 11.6 Å². The molecule has 0 saturated carbocycles. The van der Waals surface area contributed by atoms with Gasteiger partial charge in [-0.05, 0) is 24.6 Å². The Labute approximate surface area is 155 Å². The van der Waals surface area contributed by atoms with Crippen molar-refractivity contribution in [1.29, 1.82) is 0 Å². The number of carbonyl (C=O) groups excluding carboxylic acids is 1. The van der Waals surface area contributed by atoms with Crippen LogP contribution < -0.4 is 9.47 Å². The first-order valence-electron chi connectivity index (χ1n) is 7.12. The molecule has 0 saturated heterocycles. The highest BCUT2D eigenvalue weighted by Crippen LogP contribution is 2.37. The second-order valence-corrected chi connectivity index (χ2v) is 5.53. The van der Waals surface area contributed by atoms with Gasteiger partial charge in [0.25, 0.3) is 5.69 Å². The van der Waals surface area contributed by atoms with Gasteiger partial charge in [0.05, 0.1) is 17.1 Å². The van der Waals surface area contributed by atoms with Crippen LogP contribution in [0, 0.1) is 17.0 Å². The molecule has 144 valence electrons. The van der Waals surface area contributed by atoms with Crippen molar-refractivity contribution in [3.63, 3.8) is 0 Å². The van der Waals surface area contributed by atoms with E-state index in [1.165, 1.54) is 6.92 Å². The van der Waals surface area contributed by atoms with E-state index < -0.39 is 28.7 Å². The summed E-state index contributed by atoms with van der Waals surface area (Å²) in [6.07, 6.45) is -4.88. The largest absolute Gasteiger partial charge is 0.573 e. The third-order valence-electron chi connectivity index (χ3n) is 3.25. The number of methoxy groups -OCH3 is 1. The van der Waals surface area contributed by atoms with E-state index in [4.69, 9.17) is 16.3 Å². The minimum atomic E-state index is -4.88. The van der Waals surface area contributed by atoms with E-state index in [2.05, 4.69) is 9.47 Å². The zero-order valence-corrected chi connectivity index (χ0v) is 14.6. The Morgan fingerprint density at radius 1 is 1.19 bits per heavy atom. The van der Waals surface area contributed by atoms with Crippen molar-refractivity contribution in [1.82, 2.24) is 0 Å². The molecule has 0 aliphatic heterocycles. The number of rotatable bonds is 5. The molecular weight excluding hydrogens is 395 g/mol. The molecule has 0 unspecified atom stereocenters. The molecule has 0 aliphatic rings. The van der Waals surface area contributed by atoms with Gasteiger partial charge in [0, 0.05) is 18.2 Å². The second kappa shape index (κ2) is 7.70.